The Bertz CT molecular complexity index is 702. The van der Waals surface area contributed by atoms with Gasteiger partial charge in [-0.3, -0.25) is 4.79 Å². The Kier molecular flexibility index (Phi) is 4.00. The van der Waals surface area contributed by atoms with Crippen molar-refractivity contribution in [3.63, 3.8) is 0 Å². The van der Waals surface area contributed by atoms with Gasteiger partial charge in [0.25, 0.3) is 5.56 Å². The van der Waals surface area contributed by atoms with Crippen LogP contribution in [0.25, 0.3) is 10.9 Å². The van der Waals surface area contributed by atoms with Crippen LogP contribution in [0, 0.1) is 0 Å². The fraction of sp³-hybridized carbons (Fsp3) is 0.500. The summed E-state index contributed by atoms with van der Waals surface area (Å²) in [5, 5.41) is 1.11. The molecule has 21 heavy (non-hydrogen) atoms. The lowest BCUT2D eigenvalue weighted by molar-refractivity contribution is 0.214. The summed E-state index contributed by atoms with van der Waals surface area (Å²) >= 11 is 6.18. The molecule has 112 valence electrons. The predicted octanol–water partition coefficient (Wildman–Crippen LogP) is 3.16. The number of benzene rings is 1. The number of hydrogen-bond acceptors (Lipinski definition) is 3. The smallest absolute Gasteiger partial charge is 0.258 e. The van der Waals surface area contributed by atoms with Gasteiger partial charge in [-0.05, 0) is 51.9 Å². The Hall–Kier alpha value is -1.39. The minimum Gasteiger partial charge on any atom is -0.310 e. The van der Waals surface area contributed by atoms with Crippen molar-refractivity contribution in [2.75, 3.05) is 14.1 Å². The van der Waals surface area contributed by atoms with Crippen LogP contribution >= 0.6 is 11.6 Å². The minimum atomic E-state index is -0.0905. The number of halogens is 1. The van der Waals surface area contributed by atoms with Gasteiger partial charge in [0.15, 0.2) is 0 Å². The van der Waals surface area contributed by atoms with Gasteiger partial charge >= 0.3 is 0 Å². The van der Waals surface area contributed by atoms with E-state index in [1.54, 1.807) is 18.2 Å². The summed E-state index contributed by atoms with van der Waals surface area (Å²) < 4.78 is 0. The Morgan fingerprint density at radius 2 is 1.95 bits per heavy atom. The van der Waals surface area contributed by atoms with Crippen LogP contribution in [0.5, 0.6) is 0 Å². The fourth-order valence-electron chi connectivity index (χ4n) is 3.20. The van der Waals surface area contributed by atoms with Gasteiger partial charge in [-0.25, -0.2) is 4.98 Å². The number of fused-ring (bicyclic) bond motifs is 1. The van der Waals surface area contributed by atoms with Crippen LogP contribution in [0.15, 0.2) is 23.0 Å². The zero-order valence-electron chi connectivity index (χ0n) is 12.4. The first-order chi connectivity index (χ1) is 10.1. The van der Waals surface area contributed by atoms with Crippen molar-refractivity contribution in [3.8, 4) is 0 Å². The molecule has 1 heterocycles. The van der Waals surface area contributed by atoms with Gasteiger partial charge in [0.05, 0.1) is 15.9 Å². The van der Waals surface area contributed by atoms with Gasteiger partial charge in [0, 0.05) is 12.0 Å². The van der Waals surface area contributed by atoms with E-state index < -0.39 is 0 Å². The summed E-state index contributed by atoms with van der Waals surface area (Å²) in [6.07, 6.45) is 4.40. The van der Waals surface area contributed by atoms with Crippen LogP contribution in [0.4, 0.5) is 0 Å². The Morgan fingerprint density at radius 1 is 1.24 bits per heavy atom. The van der Waals surface area contributed by atoms with E-state index in [4.69, 9.17) is 11.6 Å². The van der Waals surface area contributed by atoms with Crippen molar-refractivity contribution in [1.82, 2.24) is 14.9 Å². The lowest BCUT2D eigenvalue weighted by Crippen LogP contribution is -2.32. The van der Waals surface area contributed by atoms with Gasteiger partial charge in [-0.2, -0.15) is 0 Å². The lowest BCUT2D eigenvalue weighted by Gasteiger charge is -2.32. The van der Waals surface area contributed by atoms with Crippen molar-refractivity contribution in [1.29, 1.82) is 0 Å². The molecule has 0 amide bonds. The molecule has 0 saturated heterocycles. The highest BCUT2D eigenvalue weighted by Crippen LogP contribution is 2.33. The number of H-pyrrole nitrogens is 1. The second-order valence-corrected chi connectivity index (χ2v) is 6.46. The molecule has 2 aromatic rings. The van der Waals surface area contributed by atoms with Crippen LogP contribution in [-0.2, 0) is 0 Å². The van der Waals surface area contributed by atoms with E-state index >= 15 is 0 Å². The molecular weight excluding hydrogens is 286 g/mol. The minimum absolute atomic E-state index is 0.0905. The van der Waals surface area contributed by atoms with E-state index in [0.29, 0.717) is 27.9 Å². The summed E-state index contributed by atoms with van der Waals surface area (Å²) in [4.78, 5) is 22.1. The van der Waals surface area contributed by atoms with Crippen molar-refractivity contribution in [2.24, 2.45) is 0 Å². The Labute approximate surface area is 129 Å². The van der Waals surface area contributed by atoms with Crippen LogP contribution in [-0.4, -0.2) is 35.0 Å². The number of aromatic nitrogens is 2. The molecule has 1 saturated carbocycles. The monoisotopic (exact) mass is 305 g/mol. The summed E-state index contributed by atoms with van der Waals surface area (Å²) in [6, 6.07) is 5.96. The fourth-order valence-corrected chi connectivity index (χ4v) is 3.42. The molecule has 0 unspecified atom stereocenters. The molecule has 1 N–H and O–H groups in total. The molecule has 1 aromatic carbocycles. The highest BCUT2D eigenvalue weighted by molar-refractivity contribution is 6.34. The number of nitrogens with one attached hydrogen (secondary N) is 1. The first kappa shape index (κ1) is 14.5. The van der Waals surface area contributed by atoms with E-state index in [1.807, 2.05) is 0 Å². The third-order valence-electron chi connectivity index (χ3n) is 4.52. The van der Waals surface area contributed by atoms with Crippen LogP contribution in [0.2, 0.25) is 5.02 Å². The van der Waals surface area contributed by atoms with Crippen LogP contribution in [0.3, 0.4) is 0 Å². The summed E-state index contributed by atoms with van der Waals surface area (Å²) in [6.45, 7) is 0. The molecule has 0 radical (unpaired) electrons. The van der Waals surface area contributed by atoms with Crippen molar-refractivity contribution in [3.05, 3.63) is 39.4 Å². The maximum atomic E-state index is 12.2. The van der Waals surface area contributed by atoms with E-state index in [0.717, 1.165) is 31.5 Å². The highest BCUT2D eigenvalue weighted by atomic mass is 35.5. The third kappa shape index (κ3) is 2.83. The van der Waals surface area contributed by atoms with Gasteiger partial charge in [0.1, 0.15) is 5.82 Å². The first-order valence-electron chi connectivity index (χ1n) is 7.41. The molecule has 1 fully saturated rings. The molecule has 1 aliphatic carbocycles. The average Bonchev–Trinajstić information content (AvgIpc) is 2.48. The van der Waals surface area contributed by atoms with E-state index in [9.17, 15) is 4.79 Å². The largest absolute Gasteiger partial charge is 0.310 e. The average molecular weight is 306 g/mol. The second kappa shape index (κ2) is 5.78. The topological polar surface area (TPSA) is 49.0 Å². The van der Waals surface area contributed by atoms with Gasteiger partial charge in [-0.1, -0.05) is 17.7 Å². The Morgan fingerprint density at radius 3 is 2.62 bits per heavy atom. The number of para-hydroxylation sites is 1. The molecule has 3 rings (SSSR count). The number of hydrogen-bond donors (Lipinski definition) is 1. The zero-order chi connectivity index (χ0) is 15.0. The summed E-state index contributed by atoms with van der Waals surface area (Å²) in [5.74, 6) is 1.12. The molecular formula is C16H20ClN3O. The SMILES string of the molecule is CN(C)C1CCC(c2nc3c(Cl)cccc3c(=O)[nH]2)CC1. The number of nitrogens with zero attached hydrogens (tertiary/aromatic N) is 2. The third-order valence-corrected chi connectivity index (χ3v) is 4.82. The predicted molar refractivity (Wildman–Crippen MR) is 86.1 cm³/mol. The molecule has 5 heteroatoms. The summed E-state index contributed by atoms with van der Waals surface area (Å²) in [7, 11) is 4.25. The number of rotatable bonds is 2. The highest BCUT2D eigenvalue weighted by Gasteiger charge is 2.25. The molecule has 0 spiro atoms. The van der Waals surface area contributed by atoms with E-state index in [1.165, 1.54) is 0 Å². The summed E-state index contributed by atoms with van der Waals surface area (Å²) in [5.41, 5.74) is 0.528. The maximum absolute atomic E-state index is 12.2. The van der Waals surface area contributed by atoms with Gasteiger partial charge < -0.3 is 9.88 Å². The van der Waals surface area contributed by atoms with E-state index in [2.05, 4.69) is 29.0 Å². The molecule has 0 atom stereocenters. The standard InChI is InChI=1S/C16H20ClN3O/c1-20(2)11-8-6-10(7-9-11)15-18-14-12(16(21)19-15)4-3-5-13(14)17/h3-5,10-11H,6-9H2,1-2H3,(H,18,19,21). The number of aromatic amines is 1. The molecule has 0 bridgehead atoms. The van der Waals surface area contributed by atoms with Crippen molar-refractivity contribution in [2.45, 2.75) is 37.6 Å². The van der Waals surface area contributed by atoms with Crippen molar-refractivity contribution < 1.29 is 0 Å². The quantitative estimate of drug-likeness (QED) is 0.927. The lowest BCUT2D eigenvalue weighted by atomic mass is 9.85. The molecule has 0 aliphatic heterocycles. The van der Waals surface area contributed by atoms with Gasteiger partial charge in [-0.15, -0.1) is 0 Å². The molecule has 4 nitrogen and oxygen atoms in total. The van der Waals surface area contributed by atoms with Gasteiger partial charge in [0.2, 0.25) is 0 Å². The normalized spacial score (nSPS) is 22.9. The molecule has 1 aromatic heterocycles. The Balaban J connectivity index is 1.92. The van der Waals surface area contributed by atoms with Crippen LogP contribution < -0.4 is 5.56 Å². The first-order valence-corrected chi connectivity index (χ1v) is 7.79. The van der Waals surface area contributed by atoms with Crippen LogP contribution in [0.1, 0.15) is 37.4 Å². The van der Waals surface area contributed by atoms with E-state index in [-0.39, 0.29) is 5.56 Å². The van der Waals surface area contributed by atoms with Crippen molar-refractivity contribution >= 4 is 22.5 Å². The zero-order valence-corrected chi connectivity index (χ0v) is 13.2. The maximum Gasteiger partial charge on any atom is 0.258 e. The second-order valence-electron chi connectivity index (χ2n) is 6.06. The molecule has 1 aliphatic rings.